The van der Waals surface area contributed by atoms with Crippen LogP contribution in [0.1, 0.15) is 22.5 Å². The molecule has 0 spiro atoms. The van der Waals surface area contributed by atoms with Gasteiger partial charge in [-0.2, -0.15) is 0 Å². The van der Waals surface area contributed by atoms with Crippen molar-refractivity contribution in [2.24, 2.45) is 9.98 Å². The first-order valence-corrected chi connectivity index (χ1v) is 12.2. The molecule has 174 valence electrons. The average molecular weight is 467 g/mol. The first kappa shape index (κ1) is 21.8. The lowest BCUT2D eigenvalue weighted by Crippen LogP contribution is -1.90. The van der Waals surface area contributed by atoms with Gasteiger partial charge in [0.15, 0.2) is 0 Å². The van der Waals surface area contributed by atoms with Crippen molar-refractivity contribution >= 4 is 45.6 Å². The maximum Gasteiger partial charge on any atom is 0.0630 e. The van der Waals surface area contributed by atoms with Crippen LogP contribution in [0.5, 0.6) is 0 Å². The van der Waals surface area contributed by atoms with Crippen molar-refractivity contribution in [3.05, 3.63) is 132 Å². The van der Waals surface area contributed by atoms with E-state index in [-0.39, 0.29) is 0 Å². The second kappa shape index (κ2) is 9.88. The molecule has 6 aromatic rings. The summed E-state index contributed by atoms with van der Waals surface area (Å²) in [5.74, 6) is 0. The normalized spacial score (nSPS) is 11.9. The van der Waals surface area contributed by atoms with E-state index in [9.17, 15) is 0 Å². The number of benzene rings is 4. The number of rotatable bonds is 7. The standard InChI is InChI=1S/C32H26N4/c1-3-7-31-25(5-1)19-29(35-31)21-33-27-15-11-23(12-16-27)9-10-24-13-17-28(18-14-24)34-22-30-20-26-6-2-4-8-32(26)36-30/h1-8,11-22,35-36H,9-10H2. The van der Waals surface area contributed by atoms with E-state index in [4.69, 9.17) is 0 Å². The van der Waals surface area contributed by atoms with Gasteiger partial charge in [0, 0.05) is 21.8 Å². The lowest BCUT2D eigenvalue weighted by molar-refractivity contribution is 0.960. The number of nitrogens with zero attached hydrogens (tertiary/aromatic N) is 2. The van der Waals surface area contributed by atoms with Crippen molar-refractivity contribution in [3.63, 3.8) is 0 Å². The molecule has 36 heavy (non-hydrogen) atoms. The zero-order chi connectivity index (χ0) is 24.2. The number of H-pyrrole nitrogens is 2. The molecule has 4 heteroatoms. The van der Waals surface area contributed by atoms with Crippen LogP contribution < -0.4 is 0 Å². The fourth-order valence-electron chi connectivity index (χ4n) is 4.40. The smallest absolute Gasteiger partial charge is 0.0630 e. The van der Waals surface area contributed by atoms with Crippen LogP contribution in [-0.2, 0) is 12.8 Å². The van der Waals surface area contributed by atoms with Gasteiger partial charge < -0.3 is 9.97 Å². The van der Waals surface area contributed by atoms with Crippen LogP contribution in [0.2, 0.25) is 0 Å². The first-order valence-electron chi connectivity index (χ1n) is 12.2. The number of para-hydroxylation sites is 2. The number of aromatic amines is 2. The Balaban J connectivity index is 1.04. The van der Waals surface area contributed by atoms with E-state index in [0.717, 1.165) is 46.6 Å². The fourth-order valence-corrected chi connectivity index (χ4v) is 4.40. The summed E-state index contributed by atoms with van der Waals surface area (Å²) in [5, 5.41) is 2.40. The van der Waals surface area contributed by atoms with Gasteiger partial charge in [0.1, 0.15) is 0 Å². The highest BCUT2D eigenvalue weighted by Crippen LogP contribution is 2.19. The van der Waals surface area contributed by atoms with E-state index in [0.29, 0.717) is 0 Å². The van der Waals surface area contributed by atoms with Crippen LogP contribution in [0, 0.1) is 0 Å². The molecule has 4 aromatic carbocycles. The Morgan fingerprint density at radius 1 is 0.500 bits per heavy atom. The first-order chi connectivity index (χ1) is 17.8. The van der Waals surface area contributed by atoms with Crippen molar-refractivity contribution in [3.8, 4) is 0 Å². The van der Waals surface area contributed by atoms with Gasteiger partial charge in [-0.3, -0.25) is 9.98 Å². The van der Waals surface area contributed by atoms with Gasteiger partial charge in [0.05, 0.1) is 35.2 Å². The van der Waals surface area contributed by atoms with Gasteiger partial charge in [0.2, 0.25) is 0 Å². The second-order valence-electron chi connectivity index (χ2n) is 8.97. The average Bonchev–Trinajstić information content (AvgIpc) is 3.54. The predicted octanol–water partition coefficient (Wildman–Crippen LogP) is 7.94. The maximum atomic E-state index is 4.62. The second-order valence-corrected chi connectivity index (χ2v) is 8.97. The zero-order valence-corrected chi connectivity index (χ0v) is 19.9. The molecule has 0 aliphatic heterocycles. The zero-order valence-electron chi connectivity index (χ0n) is 19.9. The number of nitrogens with one attached hydrogen (secondary N) is 2. The van der Waals surface area contributed by atoms with Gasteiger partial charge >= 0.3 is 0 Å². The minimum atomic E-state index is 0.953. The monoisotopic (exact) mass is 466 g/mol. The summed E-state index contributed by atoms with van der Waals surface area (Å²) >= 11 is 0. The number of hydrogen-bond acceptors (Lipinski definition) is 2. The molecule has 2 heterocycles. The van der Waals surface area contributed by atoms with Crippen LogP contribution in [-0.4, -0.2) is 22.4 Å². The topological polar surface area (TPSA) is 56.3 Å². The molecule has 0 atom stereocenters. The van der Waals surface area contributed by atoms with E-state index in [1.807, 2.05) is 36.7 Å². The van der Waals surface area contributed by atoms with Crippen LogP contribution in [0.15, 0.2) is 119 Å². The molecule has 0 aliphatic carbocycles. The van der Waals surface area contributed by atoms with Gasteiger partial charge in [-0.05, 0) is 72.5 Å². The summed E-state index contributed by atoms with van der Waals surface area (Å²) in [6.45, 7) is 0. The number of aryl methyl sites for hydroxylation is 2. The van der Waals surface area contributed by atoms with E-state index in [1.165, 1.54) is 21.9 Å². The molecule has 0 radical (unpaired) electrons. The van der Waals surface area contributed by atoms with Crippen molar-refractivity contribution in [2.45, 2.75) is 12.8 Å². The molecule has 0 bridgehead atoms. The van der Waals surface area contributed by atoms with Crippen LogP contribution in [0.25, 0.3) is 21.8 Å². The SMILES string of the molecule is C(=Nc1ccc(CCc2ccc(N=Cc3cc4ccccc4[nH]3)cc2)cc1)c1cc2ccccc2[nH]1. The lowest BCUT2D eigenvalue weighted by Gasteiger charge is -2.03. The summed E-state index contributed by atoms with van der Waals surface area (Å²) in [4.78, 5) is 16.0. The maximum absolute atomic E-state index is 4.62. The molecule has 2 N–H and O–H groups in total. The molecule has 2 aromatic heterocycles. The van der Waals surface area contributed by atoms with E-state index in [1.54, 1.807) is 0 Å². The molecule has 0 aliphatic rings. The van der Waals surface area contributed by atoms with Crippen LogP contribution >= 0.6 is 0 Å². The molecule has 0 unspecified atom stereocenters. The molecule has 4 nitrogen and oxygen atoms in total. The summed E-state index contributed by atoms with van der Waals surface area (Å²) < 4.78 is 0. The Hall–Kier alpha value is -4.70. The van der Waals surface area contributed by atoms with Gasteiger partial charge in [-0.1, -0.05) is 60.7 Å². The summed E-state index contributed by atoms with van der Waals surface area (Å²) in [7, 11) is 0. The number of hydrogen-bond donors (Lipinski definition) is 2. The Morgan fingerprint density at radius 2 is 0.917 bits per heavy atom. The number of aromatic nitrogens is 2. The Labute approximate surface area is 210 Å². The Kier molecular flexibility index (Phi) is 5.99. The van der Waals surface area contributed by atoms with Crippen molar-refractivity contribution in [2.75, 3.05) is 0 Å². The van der Waals surface area contributed by atoms with Gasteiger partial charge in [-0.15, -0.1) is 0 Å². The molecule has 0 saturated carbocycles. The summed E-state index contributed by atoms with van der Waals surface area (Å²) in [6.07, 6.45) is 5.75. The van der Waals surface area contributed by atoms with Gasteiger partial charge in [-0.25, -0.2) is 0 Å². The van der Waals surface area contributed by atoms with Crippen molar-refractivity contribution in [1.29, 1.82) is 0 Å². The largest absolute Gasteiger partial charge is 0.354 e. The van der Waals surface area contributed by atoms with Crippen LogP contribution in [0.3, 0.4) is 0 Å². The highest BCUT2D eigenvalue weighted by atomic mass is 14.8. The quantitative estimate of drug-likeness (QED) is 0.224. The van der Waals surface area contributed by atoms with Crippen molar-refractivity contribution < 1.29 is 0 Å². The third kappa shape index (κ3) is 5.03. The highest BCUT2D eigenvalue weighted by Gasteiger charge is 2.00. The molecule has 0 fully saturated rings. The van der Waals surface area contributed by atoms with E-state index in [2.05, 4.69) is 105 Å². The number of fused-ring (bicyclic) bond motifs is 2. The molecule has 0 amide bonds. The van der Waals surface area contributed by atoms with E-state index < -0.39 is 0 Å². The Bertz CT molecular complexity index is 1470. The minimum Gasteiger partial charge on any atom is -0.354 e. The molecule has 0 saturated heterocycles. The summed E-state index contributed by atoms with van der Waals surface area (Å²) in [5.41, 5.74) is 8.79. The molecule has 6 rings (SSSR count). The minimum absolute atomic E-state index is 0.953. The van der Waals surface area contributed by atoms with E-state index >= 15 is 0 Å². The van der Waals surface area contributed by atoms with Crippen LogP contribution in [0.4, 0.5) is 11.4 Å². The number of aliphatic imine (C=N–C) groups is 2. The molecular weight excluding hydrogens is 440 g/mol. The predicted molar refractivity (Wildman–Crippen MR) is 151 cm³/mol. The third-order valence-corrected chi connectivity index (χ3v) is 6.38. The van der Waals surface area contributed by atoms with Crippen molar-refractivity contribution in [1.82, 2.24) is 9.97 Å². The third-order valence-electron chi connectivity index (χ3n) is 6.38. The Morgan fingerprint density at radius 3 is 1.33 bits per heavy atom. The van der Waals surface area contributed by atoms with Gasteiger partial charge in [0.25, 0.3) is 0 Å². The lowest BCUT2D eigenvalue weighted by atomic mass is 10.0. The highest BCUT2D eigenvalue weighted by molar-refractivity contribution is 5.91. The summed E-state index contributed by atoms with van der Waals surface area (Å²) in [6, 6.07) is 37.7. The fraction of sp³-hybridized carbons (Fsp3) is 0.0625. The molecular formula is C32H26N4.